The molecular weight excluding hydrogens is 336 g/mol. The van der Waals surface area contributed by atoms with E-state index in [4.69, 9.17) is 23.1 Å². The number of nitrogens with one attached hydrogen (secondary N) is 1. The molecule has 5 N–H and O–H groups in total. The Balaban J connectivity index is 1.67. The maximum Gasteiger partial charge on any atom is 0.254 e. The molecule has 6 heteroatoms. The van der Waals surface area contributed by atoms with Crippen LogP contribution < -0.4 is 16.8 Å². The van der Waals surface area contributed by atoms with Crippen LogP contribution in [0.4, 0.5) is 11.4 Å². The fourth-order valence-electron chi connectivity index (χ4n) is 2.86. The van der Waals surface area contributed by atoms with Crippen molar-refractivity contribution in [2.75, 3.05) is 24.1 Å². The first-order chi connectivity index (χ1) is 12.0. The molecule has 130 valence electrons. The Morgan fingerprint density at radius 2 is 1.92 bits per heavy atom. The lowest BCUT2D eigenvalue weighted by atomic mass is 10.0. The van der Waals surface area contributed by atoms with E-state index >= 15 is 0 Å². The number of rotatable bonds is 4. The van der Waals surface area contributed by atoms with E-state index in [1.54, 1.807) is 24.3 Å². The van der Waals surface area contributed by atoms with Crippen LogP contribution in [0.5, 0.6) is 0 Å². The monoisotopic (exact) mass is 356 g/mol. The van der Waals surface area contributed by atoms with E-state index in [1.165, 1.54) is 0 Å². The molecule has 0 aliphatic carbocycles. The average Bonchev–Trinajstić information content (AvgIpc) is 2.58. The maximum absolute atomic E-state index is 12.6. The van der Waals surface area contributed by atoms with Crippen molar-refractivity contribution in [3.05, 3.63) is 70.4 Å². The third-order valence-electron chi connectivity index (χ3n) is 4.20. The van der Waals surface area contributed by atoms with Crippen molar-refractivity contribution < 1.29 is 4.79 Å². The van der Waals surface area contributed by atoms with Crippen LogP contribution in [0.25, 0.3) is 0 Å². The first kappa shape index (κ1) is 17.3. The van der Waals surface area contributed by atoms with Gasteiger partial charge >= 0.3 is 0 Å². The highest BCUT2D eigenvalue weighted by molar-refractivity contribution is 6.30. The molecule has 2 aromatic carbocycles. The van der Waals surface area contributed by atoms with Crippen molar-refractivity contribution in [3.63, 3.8) is 0 Å². The largest absolute Gasteiger partial charge is 0.402 e. The maximum atomic E-state index is 12.6. The van der Waals surface area contributed by atoms with Gasteiger partial charge in [-0.25, -0.2) is 0 Å². The van der Waals surface area contributed by atoms with Gasteiger partial charge in [-0.1, -0.05) is 29.8 Å². The number of nitrogens with two attached hydrogens (primary N) is 2. The van der Waals surface area contributed by atoms with Crippen LogP contribution in [-0.2, 0) is 11.3 Å². The van der Waals surface area contributed by atoms with E-state index < -0.39 is 0 Å². The van der Waals surface area contributed by atoms with Gasteiger partial charge in [0.2, 0.25) is 0 Å². The van der Waals surface area contributed by atoms with Crippen LogP contribution in [0.3, 0.4) is 0 Å². The fraction of sp³-hybridized carbons (Fsp3) is 0.211. The van der Waals surface area contributed by atoms with E-state index in [0.717, 1.165) is 18.7 Å². The molecule has 0 radical (unpaired) electrons. The number of carbonyl (C=O) groups is 1. The Hall–Kier alpha value is -2.50. The molecule has 25 heavy (non-hydrogen) atoms. The fourth-order valence-corrected chi connectivity index (χ4v) is 2.98. The van der Waals surface area contributed by atoms with Crippen LogP contribution in [0, 0.1) is 0 Å². The molecule has 0 bridgehead atoms. The van der Waals surface area contributed by atoms with E-state index in [2.05, 4.69) is 10.2 Å². The summed E-state index contributed by atoms with van der Waals surface area (Å²) in [7, 11) is 0. The highest BCUT2D eigenvalue weighted by Gasteiger charge is 2.22. The van der Waals surface area contributed by atoms with Gasteiger partial charge in [0.25, 0.3) is 5.91 Å². The average molecular weight is 357 g/mol. The molecule has 0 unspecified atom stereocenters. The zero-order chi connectivity index (χ0) is 17.8. The summed E-state index contributed by atoms with van der Waals surface area (Å²) in [6.45, 7) is 2.09. The topological polar surface area (TPSA) is 84.4 Å². The molecule has 0 saturated carbocycles. The lowest BCUT2D eigenvalue weighted by Gasteiger charge is -2.29. The van der Waals surface area contributed by atoms with Crippen LogP contribution in [0.1, 0.15) is 12.0 Å². The van der Waals surface area contributed by atoms with E-state index in [1.807, 2.05) is 24.3 Å². The van der Waals surface area contributed by atoms with Crippen molar-refractivity contribution in [2.24, 2.45) is 5.73 Å². The van der Waals surface area contributed by atoms with Gasteiger partial charge < -0.3 is 16.8 Å². The molecule has 1 heterocycles. The van der Waals surface area contributed by atoms with Crippen molar-refractivity contribution >= 4 is 28.9 Å². The van der Waals surface area contributed by atoms with Gasteiger partial charge in [0.15, 0.2) is 0 Å². The third kappa shape index (κ3) is 4.53. The highest BCUT2D eigenvalue weighted by Crippen LogP contribution is 2.20. The number of benzene rings is 2. The minimum absolute atomic E-state index is 0.177. The normalized spacial score (nSPS) is 15.2. The second-order valence-electron chi connectivity index (χ2n) is 6.17. The molecule has 1 aliphatic rings. The Labute approximate surface area is 152 Å². The zero-order valence-electron chi connectivity index (χ0n) is 13.8. The molecule has 3 rings (SSSR count). The van der Waals surface area contributed by atoms with Crippen molar-refractivity contribution in [1.82, 2.24) is 4.90 Å². The van der Waals surface area contributed by atoms with Crippen molar-refractivity contribution in [2.45, 2.75) is 13.0 Å². The minimum Gasteiger partial charge on any atom is -0.402 e. The number of anilines is 2. The van der Waals surface area contributed by atoms with Gasteiger partial charge in [0.05, 0.1) is 5.57 Å². The van der Waals surface area contributed by atoms with Crippen LogP contribution in [-0.4, -0.2) is 23.9 Å². The first-order valence-electron chi connectivity index (χ1n) is 8.12. The SMILES string of the molecule is NC1=C(C(=O)Nc2cccc(N)c2)CN(Cc2ccc(Cl)cc2)CC1. The summed E-state index contributed by atoms with van der Waals surface area (Å²) in [6, 6.07) is 14.8. The predicted molar refractivity (Wildman–Crippen MR) is 102 cm³/mol. The van der Waals surface area contributed by atoms with Gasteiger partial charge in [-0.15, -0.1) is 0 Å². The summed E-state index contributed by atoms with van der Waals surface area (Å²) >= 11 is 5.93. The summed E-state index contributed by atoms with van der Waals surface area (Å²) in [5.41, 5.74) is 15.5. The van der Waals surface area contributed by atoms with Gasteiger partial charge in [-0.2, -0.15) is 0 Å². The quantitative estimate of drug-likeness (QED) is 0.735. The minimum atomic E-state index is -0.177. The molecule has 5 nitrogen and oxygen atoms in total. The second kappa shape index (κ2) is 7.59. The smallest absolute Gasteiger partial charge is 0.254 e. The number of hydrogen-bond donors (Lipinski definition) is 3. The van der Waals surface area contributed by atoms with Crippen LogP contribution >= 0.6 is 11.6 Å². The van der Waals surface area contributed by atoms with Gasteiger partial charge in [-0.3, -0.25) is 9.69 Å². The summed E-state index contributed by atoms with van der Waals surface area (Å²) in [5, 5.41) is 3.59. The Bertz CT molecular complexity index is 801. The predicted octanol–water partition coefficient (Wildman–Crippen LogP) is 2.98. The Morgan fingerprint density at radius 1 is 1.16 bits per heavy atom. The number of amides is 1. The Kier molecular flexibility index (Phi) is 5.26. The van der Waals surface area contributed by atoms with Gasteiger partial charge in [0, 0.05) is 48.1 Å². The Morgan fingerprint density at radius 3 is 2.64 bits per heavy atom. The third-order valence-corrected chi connectivity index (χ3v) is 4.46. The molecule has 0 fully saturated rings. The number of nitrogens with zero attached hydrogens (tertiary/aromatic N) is 1. The number of nitrogen functional groups attached to an aromatic ring is 1. The van der Waals surface area contributed by atoms with Crippen LogP contribution in [0.15, 0.2) is 59.8 Å². The highest BCUT2D eigenvalue weighted by atomic mass is 35.5. The molecule has 1 amide bonds. The van der Waals surface area contributed by atoms with Gasteiger partial charge in [0.1, 0.15) is 0 Å². The number of carbonyl (C=O) groups excluding carboxylic acids is 1. The summed E-state index contributed by atoms with van der Waals surface area (Å²) in [4.78, 5) is 14.8. The molecule has 0 aromatic heterocycles. The van der Waals surface area contributed by atoms with E-state index in [9.17, 15) is 4.79 Å². The summed E-state index contributed by atoms with van der Waals surface area (Å²) in [6.07, 6.45) is 0.674. The molecular formula is C19H21ClN4O. The van der Waals surface area contributed by atoms with Crippen molar-refractivity contribution in [1.29, 1.82) is 0 Å². The van der Waals surface area contributed by atoms with Crippen molar-refractivity contribution in [3.8, 4) is 0 Å². The van der Waals surface area contributed by atoms with Gasteiger partial charge in [-0.05, 0) is 35.9 Å². The molecule has 2 aromatic rings. The van der Waals surface area contributed by atoms with Crippen LogP contribution in [0.2, 0.25) is 5.02 Å². The van der Waals surface area contributed by atoms with E-state index in [0.29, 0.717) is 40.6 Å². The summed E-state index contributed by atoms with van der Waals surface area (Å²) in [5.74, 6) is -0.177. The van der Waals surface area contributed by atoms with E-state index in [-0.39, 0.29) is 5.91 Å². The summed E-state index contributed by atoms with van der Waals surface area (Å²) < 4.78 is 0. The number of hydrogen-bond acceptors (Lipinski definition) is 4. The molecule has 0 atom stereocenters. The lowest BCUT2D eigenvalue weighted by molar-refractivity contribution is -0.113. The molecule has 0 saturated heterocycles. The zero-order valence-corrected chi connectivity index (χ0v) is 14.6. The number of halogens is 1. The molecule has 0 spiro atoms. The standard InChI is InChI=1S/C19H21ClN4O/c20-14-6-4-13(5-7-14)11-24-9-8-18(22)17(12-24)19(25)23-16-3-1-2-15(21)10-16/h1-7,10H,8-9,11-12,21-22H2,(H,23,25). The molecule has 1 aliphatic heterocycles. The first-order valence-corrected chi connectivity index (χ1v) is 8.50. The second-order valence-corrected chi connectivity index (χ2v) is 6.61. The lowest BCUT2D eigenvalue weighted by Crippen LogP contribution is -2.37.